The molecule has 0 amide bonds. The summed E-state index contributed by atoms with van der Waals surface area (Å²) in [6, 6.07) is 18.7. The third-order valence-corrected chi connectivity index (χ3v) is 5.49. The molecule has 0 saturated heterocycles. The molecule has 0 heterocycles. The summed E-state index contributed by atoms with van der Waals surface area (Å²) < 4.78 is 7.59. The first-order valence-electron chi connectivity index (χ1n) is 8.35. The number of ether oxygens (including phenoxy) is 1. The van der Waals surface area contributed by atoms with Gasteiger partial charge in [0, 0.05) is 12.2 Å². The van der Waals surface area contributed by atoms with Crippen molar-refractivity contribution in [2.45, 2.75) is 13.2 Å². The number of halogens is 3. The Morgan fingerprint density at radius 3 is 2.32 bits per heavy atom. The minimum Gasteiger partial charge on any atom is -0.487 e. The van der Waals surface area contributed by atoms with Crippen LogP contribution in [0.2, 0.25) is 5.02 Å². The Kier molecular flexibility index (Phi) is 6.99. The third-order valence-electron chi connectivity index (χ3n) is 3.98. The van der Waals surface area contributed by atoms with E-state index < -0.39 is 5.97 Å². The molecule has 3 rings (SSSR count). The van der Waals surface area contributed by atoms with E-state index in [1.54, 1.807) is 12.1 Å². The van der Waals surface area contributed by atoms with Crippen LogP contribution in [0.1, 0.15) is 21.5 Å². The summed E-state index contributed by atoms with van der Waals surface area (Å²) in [5.74, 6) is -0.327. The molecule has 0 fully saturated rings. The second-order valence-electron chi connectivity index (χ2n) is 6.02. The van der Waals surface area contributed by atoms with Gasteiger partial charge in [-0.1, -0.05) is 41.9 Å². The molecule has 28 heavy (non-hydrogen) atoms. The van der Waals surface area contributed by atoms with E-state index in [1.807, 2.05) is 42.5 Å². The molecule has 0 spiro atoms. The van der Waals surface area contributed by atoms with Crippen molar-refractivity contribution in [2.24, 2.45) is 0 Å². The van der Waals surface area contributed by atoms with Crippen molar-refractivity contribution in [2.75, 3.05) is 5.32 Å². The highest BCUT2D eigenvalue weighted by atomic mass is 79.9. The number of aromatic carboxylic acids is 1. The molecule has 0 unspecified atom stereocenters. The van der Waals surface area contributed by atoms with Gasteiger partial charge in [-0.3, -0.25) is 0 Å². The van der Waals surface area contributed by atoms with Crippen molar-refractivity contribution in [3.8, 4) is 5.75 Å². The third kappa shape index (κ3) is 5.28. The van der Waals surface area contributed by atoms with E-state index in [2.05, 4.69) is 37.2 Å². The predicted molar refractivity (Wildman–Crippen MR) is 118 cm³/mol. The van der Waals surface area contributed by atoms with Gasteiger partial charge < -0.3 is 15.2 Å². The van der Waals surface area contributed by atoms with Crippen LogP contribution in [0.3, 0.4) is 0 Å². The van der Waals surface area contributed by atoms with E-state index in [-0.39, 0.29) is 10.6 Å². The number of carboxylic acids is 1. The Hall–Kier alpha value is -2.02. The van der Waals surface area contributed by atoms with Gasteiger partial charge >= 0.3 is 5.97 Å². The van der Waals surface area contributed by atoms with Crippen LogP contribution in [-0.2, 0) is 13.2 Å². The minimum atomic E-state index is -1.06. The topological polar surface area (TPSA) is 58.6 Å². The van der Waals surface area contributed by atoms with Crippen molar-refractivity contribution in [3.05, 3.63) is 91.3 Å². The molecule has 3 aromatic carbocycles. The zero-order valence-electron chi connectivity index (χ0n) is 14.6. The number of anilines is 1. The summed E-state index contributed by atoms with van der Waals surface area (Å²) in [4.78, 5) is 11.2. The zero-order valence-corrected chi connectivity index (χ0v) is 18.5. The highest BCUT2D eigenvalue weighted by Gasteiger charge is 2.11. The summed E-state index contributed by atoms with van der Waals surface area (Å²) in [5, 5.41) is 12.6. The lowest BCUT2D eigenvalue weighted by Crippen LogP contribution is -2.03. The summed E-state index contributed by atoms with van der Waals surface area (Å²) >= 11 is 13.0. The second kappa shape index (κ2) is 9.45. The number of benzene rings is 3. The van der Waals surface area contributed by atoms with Crippen LogP contribution in [0, 0.1) is 0 Å². The van der Waals surface area contributed by atoms with Crippen LogP contribution in [0.4, 0.5) is 5.69 Å². The molecule has 4 nitrogen and oxygen atoms in total. The van der Waals surface area contributed by atoms with E-state index in [4.69, 9.17) is 16.3 Å². The molecule has 2 N–H and O–H groups in total. The van der Waals surface area contributed by atoms with Gasteiger partial charge in [0.1, 0.15) is 12.4 Å². The Morgan fingerprint density at radius 1 is 1.00 bits per heavy atom. The summed E-state index contributed by atoms with van der Waals surface area (Å²) in [6.45, 7) is 0.981. The molecule has 0 saturated carbocycles. The number of rotatable bonds is 7. The monoisotopic (exact) mass is 523 g/mol. The maximum absolute atomic E-state index is 11.2. The fraction of sp³-hybridized carbons (Fsp3) is 0.0952. The standard InChI is InChI=1S/C21H16Br2ClNO3/c22-17-8-14(11-25-15-6-7-19(24)16(10-15)21(26)27)9-18(23)20(17)28-12-13-4-2-1-3-5-13/h1-10,25H,11-12H2,(H,26,27). The van der Waals surface area contributed by atoms with Gasteiger partial charge in [0.25, 0.3) is 0 Å². The number of hydrogen-bond donors (Lipinski definition) is 2. The highest BCUT2D eigenvalue weighted by molar-refractivity contribution is 9.11. The van der Waals surface area contributed by atoms with Gasteiger partial charge in [-0.25, -0.2) is 4.79 Å². The highest BCUT2D eigenvalue weighted by Crippen LogP contribution is 2.35. The van der Waals surface area contributed by atoms with Crippen LogP contribution in [0.5, 0.6) is 5.75 Å². The predicted octanol–water partition coefficient (Wildman–Crippen LogP) is 6.75. The number of carbonyl (C=O) groups is 1. The molecule has 0 atom stereocenters. The lowest BCUT2D eigenvalue weighted by molar-refractivity contribution is 0.0697. The zero-order chi connectivity index (χ0) is 20.1. The largest absolute Gasteiger partial charge is 0.487 e. The van der Waals surface area contributed by atoms with E-state index in [1.165, 1.54) is 6.07 Å². The average molecular weight is 526 g/mol. The Bertz CT molecular complexity index is 973. The van der Waals surface area contributed by atoms with E-state index in [9.17, 15) is 9.90 Å². The molecular formula is C21H16Br2ClNO3. The van der Waals surface area contributed by atoms with Crippen molar-refractivity contribution in [1.29, 1.82) is 0 Å². The van der Waals surface area contributed by atoms with Crippen molar-refractivity contribution in [3.63, 3.8) is 0 Å². The first-order chi connectivity index (χ1) is 13.4. The van der Waals surface area contributed by atoms with E-state index in [0.717, 1.165) is 25.8 Å². The maximum atomic E-state index is 11.2. The second-order valence-corrected chi connectivity index (χ2v) is 8.13. The Balaban J connectivity index is 1.69. The van der Waals surface area contributed by atoms with Gasteiger partial charge in [-0.05, 0) is 73.3 Å². The van der Waals surface area contributed by atoms with Crippen molar-refractivity contribution in [1.82, 2.24) is 0 Å². The molecule has 0 aliphatic carbocycles. The SMILES string of the molecule is O=C(O)c1cc(NCc2cc(Br)c(OCc3ccccc3)c(Br)c2)ccc1Cl. The van der Waals surface area contributed by atoms with E-state index >= 15 is 0 Å². The number of carboxylic acid groups (broad SMARTS) is 1. The lowest BCUT2D eigenvalue weighted by atomic mass is 10.1. The number of hydrogen-bond acceptors (Lipinski definition) is 3. The van der Waals surface area contributed by atoms with E-state index in [0.29, 0.717) is 18.8 Å². The molecule has 0 radical (unpaired) electrons. The fourth-order valence-electron chi connectivity index (χ4n) is 2.59. The Labute approximate surface area is 184 Å². The van der Waals surface area contributed by atoms with Gasteiger partial charge in [0.2, 0.25) is 0 Å². The van der Waals surface area contributed by atoms with Crippen LogP contribution < -0.4 is 10.1 Å². The van der Waals surface area contributed by atoms with Gasteiger partial charge in [0.15, 0.2) is 0 Å². The molecule has 0 aliphatic heterocycles. The molecule has 0 aliphatic rings. The van der Waals surface area contributed by atoms with Gasteiger partial charge in [-0.2, -0.15) is 0 Å². The van der Waals surface area contributed by atoms with Gasteiger partial charge in [-0.15, -0.1) is 0 Å². The van der Waals surface area contributed by atoms with Crippen LogP contribution in [-0.4, -0.2) is 11.1 Å². The van der Waals surface area contributed by atoms with Crippen molar-refractivity contribution >= 4 is 55.1 Å². The quantitative estimate of drug-likeness (QED) is 0.358. The molecule has 144 valence electrons. The first kappa shape index (κ1) is 20.7. The molecule has 3 aromatic rings. The van der Waals surface area contributed by atoms with Crippen LogP contribution >= 0.6 is 43.5 Å². The fourth-order valence-corrected chi connectivity index (χ4v) is 4.29. The van der Waals surface area contributed by atoms with Gasteiger partial charge in [0.05, 0.1) is 19.5 Å². The number of nitrogens with one attached hydrogen (secondary N) is 1. The Morgan fingerprint density at radius 2 is 1.68 bits per heavy atom. The van der Waals surface area contributed by atoms with Crippen LogP contribution in [0.25, 0.3) is 0 Å². The van der Waals surface area contributed by atoms with Crippen LogP contribution in [0.15, 0.2) is 69.6 Å². The maximum Gasteiger partial charge on any atom is 0.337 e. The molecule has 7 heteroatoms. The first-order valence-corrected chi connectivity index (χ1v) is 10.3. The average Bonchev–Trinajstić information content (AvgIpc) is 2.67. The molecule has 0 bridgehead atoms. The normalized spacial score (nSPS) is 10.5. The summed E-state index contributed by atoms with van der Waals surface area (Å²) in [7, 11) is 0. The smallest absolute Gasteiger partial charge is 0.337 e. The lowest BCUT2D eigenvalue weighted by Gasteiger charge is -2.14. The van der Waals surface area contributed by atoms with Crippen molar-refractivity contribution < 1.29 is 14.6 Å². The molecular weight excluding hydrogens is 509 g/mol. The summed E-state index contributed by atoms with van der Waals surface area (Å²) in [6.07, 6.45) is 0. The minimum absolute atomic E-state index is 0.0682. The summed E-state index contributed by atoms with van der Waals surface area (Å²) in [5.41, 5.74) is 2.83. The molecule has 0 aromatic heterocycles.